The SMILES string of the molecule is NCCCC[C@@H](N[C@H](CCc1ccccc1)C(=O)O)C(=O)N1CCC[C@@H]1C(=O)O.O.O. The Morgan fingerprint density at radius 1 is 1.06 bits per heavy atom. The first-order valence-electron chi connectivity index (χ1n) is 10.2. The summed E-state index contributed by atoms with van der Waals surface area (Å²) < 4.78 is 0. The highest BCUT2D eigenvalue weighted by Crippen LogP contribution is 2.20. The molecule has 1 fully saturated rings. The van der Waals surface area contributed by atoms with E-state index in [-0.39, 0.29) is 16.9 Å². The fourth-order valence-electron chi connectivity index (χ4n) is 3.73. The number of nitrogens with one attached hydrogen (secondary N) is 1. The number of hydrogen-bond acceptors (Lipinski definition) is 5. The van der Waals surface area contributed by atoms with E-state index in [0.29, 0.717) is 51.6 Å². The second kappa shape index (κ2) is 14.5. The van der Waals surface area contributed by atoms with Crippen molar-refractivity contribution in [2.45, 2.75) is 63.1 Å². The number of unbranched alkanes of at least 4 members (excludes halogenated alkanes) is 1. The van der Waals surface area contributed by atoms with Crippen LogP contribution in [0.25, 0.3) is 0 Å². The molecular formula is C21H35N3O7. The largest absolute Gasteiger partial charge is 0.480 e. The second-order valence-corrected chi connectivity index (χ2v) is 7.45. The van der Waals surface area contributed by atoms with Gasteiger partial charge in [-0.25, -0.2) is 4.79 Å². The first kappa shape index (κ1) is 28.5. The summed E-state index contributed by atoms with van der Waals surface area (Å²) >= 11 is 0. The number of amides is 1. The highest BCUT2D eigenvalue weighted by atomic mass is 16.4. The van der Waals surface area contributed by atoms with Gasteiger partial charge in [0, 0.05) is 6.54 Å². The lowest BCUT2D eigenvalue weighted by molar-refractivity contribution is -0.149. The number of likely N-dealkylation sites (tertiary alicyclic amines) is 1. The number of carbonyl (C=O) groups excluding carboxylic acids is 1. The molecule has 3 atom stereocenters. The summed E-state index contributed by atoms with van der Waals surface area (Å²) in [6, 6.07) is 7.10. The van der Waals surface area contributed by atoms with Crippen molar-refractivity contribution in [3.63, 3.8) is 0 Å². The smallest absolute Gasteiger partial charge is 0.326 e. The quantitative estimate of drug-likeness (QED) is 0.316. The minimum Gasteiger partial charge on any atom is -0.480 e. The first-order chi connectivity index (χ1) is 13.9. The van der Waals surface area contributed by atoms with Crippen LogP contribution in [0.2, 0.25) is 0 Å². The molecule has 0 saturated carbocycles. The molecule has 1 amide bonds. The summed E-state index contributed by atoms with van der Waals surface area (Å²) in [4.78, 5) is 37.7. The Kier molecular flexibility index (Phi) is 13.3. The molecule has 10 nitrogen and oxygen atoms in total. The number of carboxylic acids is 2. The predicted octanol–water partition coefficient (Wildman–Crippen LogP) is -0.414. The Balaban J connectivity index is 0.00000450. The first-order valence-corrected chi connectivity index (χ1v) is 10.2. The number of rotatable bonds is 12. The zero-order valence-corrected chi connectivity index (χ0v) is 17.6. The number of carboxylic acid groups (broad SMARTS) is 2. The number of aliphatic carboxylic acids is 2. The summed E-state index contributed by atoms with van der Waals surface area (Å²) in [5.74, 6) is -2.37. The van der Waals surface area contributed by atoms with Crippen LogP contribution in [0.1, 0.15) is 44.1 Å². The molecule has 31 heavy (non-hydrogen) atoms. The van der Waals surface area contributed by atoms with E-state index >= 15 is 0 Å². The number of nitrogens with two attached hydrogens (primary N) is 1. The summed E-state index contributed by atoms with van der Waals surface area (Å²) in [7, 11) is 0. The van der Waals surface area contributed by atoms with E-state index in [9.17, 15) is 24.6 Å². The molecule has 9 N–H and O–H groups in total. The number of aryl methyl sites for hydroxylation is 1. The van der Waals surface area contributed by atoms with Crippen molar-refractivity contribution in [3.8, 4) is 0 Å². The molecule has 0 bridgehead atoms. The topological polar surface area (TPSA) is 196 Å². The predicted molar refractivity (Wildman–Crippen MR) is 116 cm³/mol. The minimum atomic E-state index is -1.02. The zero-order chi connectivity index (χ0) is 21.2. The second-order valence-electron chi connectivity index (χ2n) is 7.45. The zero-order valence-electron chi connectivity index (χ0n) is 17.6. The minimum absolute atomic E-state index is 0. The summed E-state index contributed by atoms with van der Waals surface area (Å²) in [5, 5.41) is 22.0. The standard InChI is InChI=1S/C21H31N3O5.2H2O/c22-13-5-4-9-16(19(25)24-14-6-10-18(24)21(28)29)23-17(20(26)27)12-11-15-7-2-1-3-8-15;;/h1-3,7-8,16-18,23H,4-6,9-14,22H2,(H,26,27)(H,28,29);2*1H2/t16-,17-,18-;;/m1../s1. The third kappa shape index (κ3) is 8.62. The van der Waals surface area contributed by atoms with E-state index in [1.54, 1.807) is 0 Å². The third-order valence-corrected chi connectivity index (χ3v) is 5.33. The normalized spacial score (nSPS) is 17.2. The average Bonchev–Trinajstić information content (AvgIpc) is 3.20. The Morgan fingerprint density at radius 2 is 1.74 bits per heavy atom. The van der Waals surface area contributed by atoms with Crippen LogP contribution in [-0.4, -0.2) is 75.1 Å². The highest BCUT2D eigenvalue weighted by Gasteiger charge is 2.38. The van der Waals surface area contributed by atoms with E-state index in [1.165, 1.54) is 4.90 Å². The van der Waals surface area contributed by atoms with Gasteiger partial charge in [0.25, 0.3) is 0 Å². The summed E-state index contributed by atoms with van der Waals surface area (Å²) in [6.07, 6.45) is 3.76. The molecule has 1 aliphatic rings. The summed E-state index contributed by atoms with van der Waals surface area (Å²) in [6.45, 7) is 0.866. The molecule has 1 aromatic carbocycles. The fraction of sp³-hybridized carbons (Fsp3) is 0.571. The average molecular weight is 442 g/mol. The van der Waals surface area contributed by atoms with Gasteiger partial charge in [0.05, 0.1) is 6.04 Å². The molecule has 1 saturated heterocycles. The highest BCUT2D eigenvalue weighted by molar-refractivity contribution is 5.88. The number of carbonyl (C=O) groups is 3. The van der Waals surface area contributed by atoms with Crippen LogP contribution >= 0.6 is 0 Å². The van der Waals surface area contributed by atoms with Crippen molar-refractivity contribution in [1.29, 1.82) is 0 Å². The maximum absolute atomic E-state index is 13.1. The molecule has 2 rings (SSSR count). The van der Waals surface area contributed by atoms with Crippen molar-refractivity contribution < 1.29 is 35.5 Å². The van der Waals surface area contributed by atoms with Gasteiger partial charge in [0.2, 0.25) is 5.91 Å². The van der Waals surface area contributed by atoms with Gasteiger partial charge in [-0.3, -0.25) is 14.9 Å². The third-order valence-electron chi connectivity index (χ3n) is 5.33. The van der Waals surface area contributed by atoms with Gasteiger partial charge in [-0.2, -0.15) is 0 Å². The maximum atomic E-state index is 13.1. The molecule has 1 aliphatic heterocycles. The lowest BCUT2D eigenvalue weighted by Gasteiger charge is -2.29. The van der Waals surface area contributed by atoms with Gasteiger partial charge in [-0.15, -0.1) is 0 Å². The van der Waals surface area contributed by atoms with Crippen LogP contribution in [-0.2, 0) is 20.8 Å². The Labute approximate surface area is 182 Å². The van der Waals surface area contributed by atoms with E-state index < -0.39 is 30.1 Å². The molecule has 0 spiro atoms. The number of benzene rings is 1. The van der Waals surface area contributed by atoms with Crippen LogP contribution < -0.4 is 11.1 Å². The van der Waals surface area contributed by atoms with E-state index in [0.717, 1.165) is 12.0 Å². The Bertz CT molecular complexity index is 687. The monoisotopic (exact) mass is 441 g/mol. The van der Waals surface area contributed by atoms with Crippen LogP contribution in [0.5, 0.6) is 0 Å². The molecule has 0 aliphatic carbocycles. The molecule has 1 heterocycles. The molecule has 1 aromatic rings. The Morgan fingerprint density at radius 3 is 2.32 bits per heavy atom. The van der Waals surface area contributed by atoms with E-state index in [1.807, 2.05) is 30.3 Å². The molecule has 0 unspecified atom stereocenters. The van der Waals surface area contributed by atoms with Gasteiger partial charge in [0.1, 0.15) is 12.1 Å². The number of nitrogens with zero attached hydrogens (tertiary/aromatic N) is 1. The fourth-order valence-corrected chi connectivity index (χ4v) is 3.73. The molecule has 0 aromatic heterocycles. The van der Waals surface area contributed by atoms with Crippen LogP contribution in [0.15, 0.2) is 30.3 Å². The van der Waals surface area contributed by atoms with Gasteiger partial charge in [0.15, 0.2) is 0 Å². The molecule has 10 heteroatoms. The van der Waals surface area contributed by atoms with Gasteiger partial charge < -0.3 is 31.8 Å². The van der Waals surface area contributed by atoms with Crippen molar-refractivity contribution in [3.05, 3.63) is 35.9 Å². The molecule has 176 valence electrons. The van der Waals surface area contributed by atoms with Gasteiger partial charge in [-0.1, -0.05) is 36.8 Å². The van der Waals surface area contributed by atoms with E-state index in [4.69, 9.17) is 5.73 Å². The van der Waals surface area contributed by atoms with Crippen LogP contribution in [0.3, 0.4) is 0 Å². The maximum Gasteiger partial charge on any atom is 0.326 e. The van der Waals surface area contributed by atoms with E-state index in [2.05, 4.69) is 5.32 Å². The summed E-state index contributed by atoms with van der Waals surface area (Å²) in [5.41, 5.74) is 6.57. The van der Waals surface area contributed by atoms with Gasteiger partial charge in [-0.05, 0) is 50.6 Å². The van der Waals surface area contributed by atoms with Crippen molar-refractivity contribution in [1.82, 2.24) is 10.2 Å². The Hall–Kier alpha value is -2.53. The van der Waals surface area contributed by atoms with Crippen molar-refractivity contribution in [2.75, 3.05) is 13.1 Å². The lowest BCUT2D eigenvalue weighted by Crippen LogP contribution is -2.54. The van der Waals surface area contributed by atoms with Gasteiger partial charge >= 0.3 is 11.9 Å². The molecule has 0 radical (unpaired) electrons. The van der Waals surface area contributed by atoms with Crippen molar-refractivity contribution in [2.24, 2.45) is 5.73 Å². The van der Waals surface area contributed by atoms with Crippen molar-refractivity contribution >= 4 is 17.8 Å². The van der Waals surface area contributed by atoms with Crippen LogP contribution in [0.4, 0.5) is 0 Å². The number of hydrogen-bond donors (Lipinski definition) is 4. The van der Waals surface area contributed by atoms with Crippen LogP contribution in [0, 0.1) is 0 Å². The lowest BCUT2D eigenvalue weighted by atomic mass is 10.0. The molecular weight excluding hydrogens is 406 g/mol.